The quantitative estimate of drug-likeness (QED) is 0.349. The van der Waals surface area contributed by atoms with Crippen molar-refractivity contribution in [3.05, 3.63) is 108 Å². The second-order valence-corrected chi connectivity index (χ2v) is 8.71. The van der Waals surface area contributed by atoms with E-state index in [4.69, 9.17) is 19.8 Å². The van der Waals surface area contributed by atoms with Crippen molar-refractivity contribution >= 4 is 22.1 Å². The summed E-state index contributed by atoms with van der Waals surface area (Å²) in [5.41, 5.74) is 8.01. The Labute approximate surface area is 199 Å². The lowest BCUT2D eigenvalue weighted by Crippen LogP contribution is -2.34. The minimum atomic E-state index is -3.88. The molecule has 0 aliphatic carbocycles. The zero-order chi connectivity index (χ0) is 24.8. The first kappa shape index (κ1) is 26.7. The lowest BCUT2D eigenvalue weighted by atomic mass is 10.2. The maximum atomic E-state index is 11.8. The van der Waals surface area contributed by atoms with Crippen molar-refractivity contribution in [3.63, 3.8) is 0 Å². The van der Waals surface area contributed by atoms with Crippen molar-refractivity contribution < 1.29 is 32.0 Å². The van der Waals surface area contributed by atoms with E-state index in [0.29, 0.717) is 5.56 Å². The van der Waals surface area contributed by atoms with Crippen molar-refractivity contribution in [2.24, 2.45) is 5.73 Å². The molecular weight excluding hydrogens is 458 g/mol. The SMILES string of the molecule is N[C@@H](CC(=O)OCc1ccccc1)C(=O)OCc1ccccc1.O=S(=O)(O)Cc1ccccc1. The average molecular weight is 486 g/mol. The number of carbonyl (C=O) groups excluding carboxylic acids is 2. The summed E-state index contributed by atoms with van der Waals surface area (Å²) >= 11 is 0. The highest BCUT2D eigenvalue weighted by Gasteiger charge is 2.20. The van der Waals surface area contributed by atoms with E-state index >= 15 is 0 Å². The van der Waals surface area contributed by atoms with Crippen LogP contribution in [0, 0.1) is 0 Å². The van der Waals surface area contributed by atoms with E-state index in [9.17, 15) is 18.0 Å². The van der Waals surface area contributed by atoms with Crippen LogP contribution in [0.1, 0.15) is 23.1 Å². The van der Waals surface area contributed by atoms with Crippen molar-refractivity contribution in [2.45, 2.75) is 31.4 Å². The molecular formula is C25H27NO7S. The molecule has 3 aromatic carbocycles. The Morgan fingerprint density at radius 3 is 1.59 bits per heavy atom. The van der Waals surface area contributed by atoms with Gasteiger partial charge in [-0.3, -0.25) is 14.1 Å². The number of ether oxygens (including phenoxy) is 2. The minimum absolute atomic E-state index is 0.131. The summed E-state index contributed by atoms with van der Waals surface area (Å²) in [5.74, 6) is -1.46. The molecule has 3 rings (SSSR count). The van der Waals surface area contributed by atoms with E-state index in [0.717, 1.165) is 11.1 Å². The zero-order valence-corrected chi connectivity index (χ0v) is 19.3. The summed E-state index contributed by atoms with van der Waals surface area (Å²) < 4.78 is 39.3. The monoisotopic (exact) mass is 485 g/mol. The third-order valence-corrected chi connectivity index (χ3v) is 5.05. The second-order valence-electron chi connectivity index (χ2n) is 7.26. The molecule has 0 spiro atoms. The van der Waals surface area contributed by atoms with Gasteiger partial charge in [-0.05, 0) is 16.7 Å². The van der Waals surface area contributed by atoms with Gasteiger partial charge in [0.05, 0.1) is 6.42 Å². The van der Waals surface area contributed by atoms with Gasteiger partial charge >= 0.3 is 11.9 Å². The Morgan fingerprint density at radius 1 is 0.735 bits per heavy atom. The minimum Gasteiger partial charge on any atom is -0.461 e. The molecule has 34 heavy (non-hydrogen) atoms. The lowest BCUT2D eigenvalue weighted by Gasteiger charge is -2.11. The first-order chi connectivity index (χ1) is 16.2. The molecule has 1 atom stereocenters. The van der Waals surface area contributed by atoms with E-state index in [1.807, 2.05) is 60.7 Å². The number of rotatable bonds is 9. The van der Waals surface area contributed by atoms with Gasteiger partial charge in [0.2, 0.25) is 0 Å². The summed E-state index contributed by atoms with van der Waals surface area (Å²) in [4.78, 5) is 23.5. The number of nitrogens with two attached hydrogens (primary N) is 1. The molecule has 0 fully saturated rings. The van der Waals surface area contributed by atoms with Crippen LogP contribution in [0.5, 0.6) is 0 Å². The summed E-state index contributed by atoms with van der Waals surface area (Å²) in [6, 6.07) is 26.0. The first-order valence-corrected chi connectivity index (χ1v) is 12.0. The Kier molecular flexibility index (Phi) is 10.9. The fourth-order valence-electron chi connectivity index (χ4n) is 2.68. The van der Waals surface area contributed by atoms with Crippen LogP contribution in [0.25, 0.3) is 0 Å². The van der Waals surface area contributed by atoms with Gasteiger partial charge in [0.15, 0.2) is 0 Å². The topological polar surface area (TPSA) is 133 Å². The lowest BCUT2D eigenvalue weighted by molar-refractivity contribution is -0.153. The molecule has 0 amide bonds. The van der Waals surface area contributed by atoms with E-state index in [2.05, 4.69) is 0 Å². The summed E-state index contributed by atoms with van der Waals surface area (Å²) in [6.07, 6.45) is -0.208. The van der Waals surface area contributed by atoms with Crippen molar-refractivity contribution in [1.82, 2.24) is 0 Å². The van der Waals surface area contributed by atoms with E-state index in [1.54, 1.807) is 30.3 Å². The van der Waals surface area contributed by atoms with Gasteiger partial charge < -0.3 is 15.2 Å². The molecule has 0 saturated heterocycles. The molecule has 0 aromatic heterocycles. The van der Waals surface area contributed by atoms with Crippen LogP contribution in [-0.4, -0.2) is 31.0 Å². The maximum Gasteiger partial charge on any atom is 0.323 e. The molecule has 0 radical (unpaired) electrons. The normalized spacial score (nSPS) is 11.5. The number of hydrogen-bond acceptors (Lipinski definition) is 7. The number of carbonyl (C=O) groups is 2. The third kappa shape index (κ3) is 11.4. The van der Waals surface area contributed by atoms with Crippen LogP contribution in [0.3, 0.4) is 0 Å². The van der Waals surface area contributed by atoms with Gasteiger partial charge in [-0.25, -0.2) is 0 Å². The fourth-order valence-corrected chi connectivity index (χ4v) is 3.29. The van der Waals surface area contributed by atoms with Crippen LogP contribution in [-0.2, 0) is 48.1 Å². The highest BCUT2D eigenvalue weighted by Crippen LogP contribution is 2.05. The highest BCUT2D eigenvalue weighted by molar-refractivity contribution is 7.85. The van der Waals surface area contributed by atoms with Crippen molar-refractivity contribution in [3.8, 4) is 0 Å². The Bertz CT molecular complexity index is 1120. The van der Waals surface area contributed by atoms with Crippen LogP contribution in [0.2, 0.25) is 0 Å². The summed E-state index contributed by atoms with van der Waals surface area (Å²) in [5, 5.41) is 0. The van der Waals surface area contributed by atoms with E-state index in [-0.39, 0.29) is 25.4 Å². The molecule has 3 aromatic rings. The smallest absolute Gasteiger partial charge is 0.323 e. The number of hydrogen-bond donors (Lipinski definition) is 2. The molecule has 180 valence electrons. The van der Waals surface area contributed by atoms with Crippen LogP contribution < -0.4 is 5.73 Å². The van der Waals surface area contributed by atoms with Crippen molar-refractivity contribution in [1.29, 1.82) is 0 Å². The molecule has 3 N–H and O–H groups in total. The van der Waals surface area contributed by atoms with Crippen LogP contribution >= 0.6 is 0 Å². The van der Waals surface area contributed by atoms with Gasteiger partial charge in [0.25, 0.3) is 10.1 Å². The summed E-state index contributed by atoms with van der Waals surface area (Å²) in [7, 11) is -3.88. The Hall–Kier alpha value is -3.53. The molecule has 8 nitrogen and oxygen atoms in total. The Morgan fingerprint density at radius 2 is 1.15 bits per heavy atom. The molecule has 0 unspecified atom stereocenters. The predicted molar refractivity (Wildman–Crippen MR) is 127 cm³/mol. The average Bonchev–Trinajstić information content (AvgIpc) is 2.82. The number of benzene rings is 3. The van der Waals surface area contributed by atoms with Gasteiger partial charge in [-0.1, -0.05) is 91.0 Å². The maximum absolute atomic E-state index is 11.8. The second kappa shape index (κ2) is 13.9. The van der Waals surface area contributed by atoms with E-state index in [1.165, 1.54) is 0 Å². The number of esters is 2. The van der Waals surface area contributed by atoms with E-state index < -0.39 is 28.1 Å². The predicted octanol–water partition coefficient (Wildman–Crippen LogP) is 3.27. The summed E-state index contributed by atoms with van der Waals surface area (Å²) in [6.45, 7) is 0.290. The zero-order valence-electron chi connectivity index (χ0n) is 18.4. The van der Waals surface area contributed by atoms with Crippen molar-refractivity contribution in [2.75, 3.05) is 0 Å². The molecule has 0 aliphatic heterocycles. The van der Waals surface area contributed by atoms with Gasteiger partial charge in [-0.15, -0.1) is 0 Å². The first-order valence-electron chi connectivity index (χ1n) is 10.4. The fraction of sp³-hybridized carbons (Fsp3) is 0.200. The Balaban J connectivity index is 0.000000310. The largest absolute Gasteiger partial charge is 0.461 e. The molecule has 0 heterocycles. The van der Waals surface area contributed by atoms with Crippen LogP contribution in [0.15, 0.2) is 91.0 Å². The molecule has 0 saturated carbocycles. The molecule has 9 heteroatoms. The molecule has 0 aliphatic rings. The standard InChI is InChI=1S/C18H19NO4.C7H8O3S/c19-16(18(21)23-13-15-9-5-2-6-10-15)11-17(20)22-12-14-7-3-1-4-8-14;8-11(9,10)6-7-4-2-1-3-5-7/h1-10,16H,11-13,19H2;1-5H,6H2,(H,8,9,10)/t16-;/m0./s1. The molecule has 0 bridgehead atoms. The highest BCUT2D eigenvalue weighted by atomic mass is 32.2. The van der Waals surface area contributed by atoms with Gasteiger partial charge in [-0.2, -0.15) is 8.42 Å². The van der Waals surface area contributed by atoms with Gasteiger partial charge in [0, 0.05) is 0 Å². The van der Waals surface area contributed by atoms with Gasteiger partial charge in [0.1, 0.15) is 25.0 Å². The van der Waals surface area contributed by atoms with Crippen LogP contribution in [0.4, 0.5) is 0 Å². The third-order valence-electron chi connectivity index (χ3n) is 4.35.